The number of guanidine groups is 1. The van der Waals surface area contributed by atoms with Gasteiger partial charge in [0.05, 0.1) is 0 Å². The first-order valence-corrected chi connectivity index (χ1v) is 10.6. The minimum Gasteiger partial charge on any atom is -0.368 e. The Kier molecular flexibility index (Phi) is 5.07. The Hall–Kier alpha value is -3.39. The molecule has 1 saturated heterocycles. The maximum absolute atomic E-state index is 12.7. The van der Waals surface area contributed by atoms with Gasteiger partial charge in [0.25, 0.3) is 5.56 Å². The maximum Gasteiger partial charge on any atom is 0.257 e. The molecular weight excluding hydrogens is 414 g/mol. The molecule has 0 aliphatic carbocycles. The molecule has 2 aromatic heterocycles. The molecule has 0 spiro atoms. The summed E-state index contributed by atoms with van der Waals surface area (Å²) in [4.78, 5) is 30.9. The first kappa shape index (κ1) is 19.6. The van der Waals surface area contributed by atoms with Crippen molar-refractivity contribution in [2.45, 2.75) is 13.1 Å². The predicted molar refractivity (Wildman–Crippen MR) is 122 cm³/mol. The van der Waals surface area contributed by atoms with Crippen LogP contribution < -0.4 is 15.8 Å². The largest absolute Gasteiger partial charge is 0.368 e. The normalized spacial score (nSPS) is 18.3. The number of hydrogen-bond acceptors (Lipinski definition) is 7. The highest BCUT2D eigenvalue weighted by atomic mass is 35.5. The van der Waals surface area contributed by atoms with Crippen LogP contribution in [0.15, 0.2) is 64.6 Å². The van der Waals surface area contributed by atoms with Crippen molar-refractivity contribution in [2.75, 3.05) is 36.4 Å². The number of piperazine rings is 1. The van der Waals surface area contributed by atoms with Crippen LogP contribution >= 0.6 is 11.6 Å². The Labute approximate surface area is 184 Å². The van der Waals surface area contributed by atoms with Crippen LogP contribution in [0.25, 0.3) is 0 Å². The standard InChI is InChI=1S/C22H22ClN7O/c1-15-12-19(31)30-20(16-4-3-7-24-14-16)26-21(27-22(30)25-15)29-10-8-28(9-11-29)18-6-2-5-17(23)13-18/h2-7,12-14,20H,8-11H2,1H3,(H,25,26,27)/t20-/m1/s1. The lowest BCUT2D eigenvalue weighted by Gasteiger charge is -2.39. The van der Waals surface area contributed by atoms with Gasteiger partial charge < -0.3 is 9.80 Å². The average Bonchev–Trinajstić information content (AvgIpc) is 2.79. The number of pyridine rings is 1. The molecule has 3 aromatic rings. The molecule has 31 heavy (non-hydrogen) atoms. The summed E-state index contributed by atoms with van der Waals surface area (Å²) in [7, 11) is 0. The van der Waals surface area contributed by atoms with E-state index in [9.17, 15) is 4.79 Å². The fourth-order valence-electron chi connectivity index (χ4n) is 4.00. The van der Waals surface area contributed by atoms with E-state index in [0.717, 1.165) is 48.4 Å². The van der Waals surface area contributed by atoms with Gasteiger partial charge in [0.15, 0.2) is 6.17 Å². The third kappa shape index (κ3) is 3.86. The Balaban J connectivity index is 1.43. The minimum atomic E-state index is -0.508. The molecule has 5 rings (SSSR count). The summed E-state index contributed by atoms with van der Waals surface area (Å²) in [5.41, 5.74) is 2.49. The van der Waals surface area contributed by atoms with E-state index in [1.54, 1.807) is 17.0 Å². The van der Waals surface area contributed by atoms with Gasteiger partial charge in [-0.05, 0) is 31.2 Å². The fraction of sp³-hybridized carbons (Fsp3) is 0.273. The molecule has 158 valence electrons. The van der Waals surface area contributed by atoms with E-state index in [2.05, 4.69) is 31.2 Å². The number of fused-ring (bicyclic) bond motifs is 1. The van der Waals surface area contributed by atoms with Gasteiger partial charge in [0.2, 0.25) is 11.9 Å². The molecule has 1 N–H and O–H groups in total. The molecule has 0 bridgehead atoms. The molecule has 1 atom stereocenters. The van der Waals surface area contributed by atoms with E-state index in [4.69, 9.17) is 16.6 Å². The van der Waals surface area contributed by atoms with Crippen LogP contribution in [0, 0.1) is 6.92 Å². The van der Waals surface area contributed by atoms with E-state index in [-0.39, 0.29) is 5.56 Å². The number of benzene rings is 1. The van der Waals surface area contributed by atoms with Gasteiger partial charge in [-0.25, -0.2) is 9.98 Å². The molecule has 0 saturated carbocycles. The Morgan fingerprint density at radius 1 is 1.06 bits per heavy atom. The van der Waals surface area contributed by atoms with Gasteiger partial charge in [0.1, 0.15) is 0 Å². The number of nitrogens with zero attached hydrogens (tertiary/aromatic N) is 6. The van der Waals surface area contributed by atoms with Gasteiger partial charge in [-0.3, -0.25) is 19.7 Å². The van der Waals surface area contributed by atoms with Gasteiger partial charge in [-0.1, -0.05) is 23.7 Å². The Morgan fingerprint density at radius 2 is 1.87 bits per heavy atom. The van der Waals surface area contributed by atoms with E-state index in [1.165, 1.54) is 6.07 Å². The van der Waals surface area contributed by atoms with Gasteiger partial charge in [-0.2, -0.15) is 0 Å². The van der Waals surface area contributed by atoms with Crippen molar-refractivity contribution in [3.05, 3.63) is 81.5 Å². The van der Waals surface area contributed by atoms with Crippen molar-refractivity contribution in [1.82, 2.24) is 19.4 Å². The third-order valence-corrected chi connectivity index (χ3v) is 5.76. The summed E-state index contributed by atoms with van der Waals surface area (Å²) >= 11 is 6.16. The van der Waals surface area contributed by atoms with Crippen LogP contribution in [0.3, 0.4) is 0 Å². The fourth-order valence-corrected chi connectivity index (χ4v) is 4.18. The van der Waals surface area contributed by atoms with Crippen molar-refractivity contribution in [3.63, 3.8) is 0 Å². The molecule has 0 unspecified atom stereocenters. The zero-order chi connectivity index (χ0) is 21.4. The number of hydrogen-bond donors (Lipinski definition) is 1. The zero-order valence-electron chi connectivity index (χ0n) is 17.1. The number of halogens is 1. The molecule has 1 aromatic carbocycles. The third-order valence-electron chi connectivity index (χ3n) is 5.53. The van der Waals surface area contributed by atoms with Gasteiger partial charge in [0, 0.05) is 66.6 Å². The lowest BCUT2D eigenvalue weighted by molar-refractivity contribution is 0.376. The monoisotopic (exact) mass is 435 g/mol. The SMILES string of the molecule is Cc1cc(=O)n2c(n1)NC(N1CCN(c3cccc(Cl)c3)CC1)=N[C@H]2c1cccnc1. The predicted octanol–water partition coefficient (Wildman–Crippen LogP) is 2.75. The number of nitrogens with one attached hydrogen (secondary N) is 1. The first-order chi connectivity index (χ1) is 15.1. The molecule has 9 heteroatoms. The second kappa shape index (κ2) is 8.03. The zero-order valence-corrected chi connectivity index (χ0v) is 17.8. The Morgan fingerprint density at radius 3 is 2.61 bits per heavy atom. The van der Waals surface area contributed by atoms with Crippen LogP contribution in [-0.2, 0) is 0 Å². The van der Waals surface area contributed by atoms with Crippen LogP contribution in [0.4, 0.5) is 11.6 Å². The van der Waals surface area contributed by atoms with Crippen molar-refractivity contribution >= 4 is 29.2 Å². The highest BCUT2D eigenvalue weighted by molar-refractivity contribution is 6.30. The summed E-state index contributed by atoms with van der Waals surface area (Å²) in [6.45, 7) is 5.07. The smallest absolute Gasteiger partial charge is 0.257 e. The van der Waals surface area contributed by atoms with Crippen molar-refractivity contribution in [3.8, 4) is 0 Å². The minimum absolute atomic E-state index is 0.141. The highest BCUT2D eigenvalue weighted by Gasteiger charge is 2.29. The van der Waals surface area contributed by atoms with E-state index in [0.29, 0.717) is 11.6 Å². The summed E-state index contributed by atoms with van der Waals surface area (Å²) in [5, 5.41) is 4.02. The summed E-state index contributed by atoms with van der Waals surface area (Å²) < 4.78 is 1.58. The van der Waals surface area contributed by atoms with Crippen molar-refractivity contribution < 1.29 is 0 Å². The topological polar surface area (TPSA) is 78.7 Å². The van der Waals surface area contributed by atoms with Gasteiger partial charge in [-0.15, -0.1) is 0 Å². The summed E-state index contributed by atoms with van der Waals surface area (Å²) in [5.74, 6) is 1.22. The van der Waals surface area contributed by atoms with Crippen LogP contribution in [-0.4, -0.2) is 51.6 Å². The molecular formula is C22H22ClN7O. The van der Waals surface area contributed by atoms with Crippen molar-refractivity contribution in [1.29, 1.82) is 0 Å². The number of anilines is 2. The molecule has 2 aliphatic rings. The summed E-state index contributed by atoms with van der Waals surface area (Å²) in [6, 6.07) is 13.2. The molecule has 4 heterocycles. The quantitative estimate of drug-likeness (QED) is 0.666. The second-order valence-electron chi connectivity index (χ2n) is 7.62. The Bertz CT molecular complexity index is 1190. The molecule has 0 amide bonds. The molecule has 2 aliphatic heterocycles. The number of rotatable bonds is 2. The van der Waals surface area contributed by atoms with Crippen LogP contribution in [0.2, 0.25) is 5.02 Å². The van der Waals surface area contributed by atoms with Crippen molar-refractivity contribution in [2.24, 2.45) is 4.99 Å². The highest BCUT2D eigenvalue weighted by Crippen LogP contribution is 2.26. The number of aryl methyl sites for hydroxylation is 1. The average molecular weight is 436 g/mol. The number of aromatic nitrogens is 3. The molecule has 1 fully saturated rings. The van der Waals surface area contributed by atoms with Crippen LogP contribution in [0.1, 0.15) is 17.4 Å². The lowest BCUT2D eigenvalue weighted by Crippen LogP contribution is -2.52. The van der Waals surface area contributed by atoms with Gasteiger partial charge >= 0.3 is 0 Å². The first-order valence-electron chi connectivity index (χ1n) is 10.2. The summed E-state index contributed by atoms with van der Waals surface area (Å²) in [6.07, 6.45) is 2.94. The van der Waals surface area contributed by atoms with E-state index < -0.39 is 6.17 Å². The van der Waals surface area contributed by atoms with E-state index in [1.807, 2.05) is 37.3 Å². The molecule has 8 nitrogen and oxygen atoms in total. The second-order valence-corrected chi connectivity index (χ2v) is 8.06. The lowest BCUT2D eigenvalue weighted by atomic mass is 10.2. The van der Waals surface area contributed by atoms with E-state index >= 15 is 0 Å². The number of aliphatic imine (C=N–C) groups is 1. The maximum atomic E-state index is 12.7. The van der Waals surface area contributed by atoms with Crippen LogP contribution in [0.5, 0.6) is 0 Å². The molecule has 0 radical (unpaired) electrons.